The lowest BCUT2D eigenvalue weighted by molar-refractivity contribution is -0.384. The van der Waals surface area contributed by atoms with Crippen molar-refractivity contribution in [3.63, 3.8) is 0 Å². The van der Waals surface area contributed by atoms with Crippen molar-refractivity contribution in [3.05, 3.63) is 62.6 Å². The van der Waals surface area contributed by atoms with Gasteiger partial charge in [-0.15, -0.1) is 0 Å². The maximum absolute atomic E-state index is 12.5. The van der Waals surface area contributed by atoms with Crippen LogP contribution in [0.5, 0.6) is 0 Å². The van der Waals surface area contributed by atoms with E-state index in [2.05, 4.69) is 5.32 Å². The molecule has 1 saturated heterocycles. The van der Waals surface area contributed by atoms with Crippen molar-refractivity contribution in [1.82, 2.24) is 0 Å². The fraction of sp³-hybridized carbons (Fsp3) is 0.176. The molecule has 3 rings (SSSR count). The van der Waals surface area contributed by atoms with Gasteiger partial charge in [0, 0.05) is 30.8 Å². The van der Waals surface area contributed by atoms with Crippen LogP contribution >= 0.6 is 23.2 Å². The number of rotatable bonds is 4. The van der Waals surface area contributed by atoms with Gasteiger partial charge in [-0.3, -0.25) is 19.7 Å². The van der Waals surface area contributed by atoms with Crippen molar-refractivity contribution < 1.29 is 14.5 Å². The van der Waals surface area contributed by atoms with E-state index in [1.165, 1.54) is 23.1 Å². The largest absolute Gasteiger partial charge is 0.326 e. The minimum atomic E-state index is -0.600. The second-order valence-corrected chi connectivity index (χ2v) is 6.56. The number of carbonyl (C=O) groups excluding carboxylic acids is 2. The maximum atomic E-state index is 12.5. The molecule has 0 aliphatic carbocycles. The van der Waals surface area contributed by atoms with Crippen LogP contribution in [0.25, 0.3) is 0 Å². The second kappa shape index (κ2) is 7.31. The molecule has 0 unspecified atom stereocenters. The van der Waals surface area contributed by atoms with Crippen molar-refractivity contribution in [1.29, 1.82) is 0 Å². The molecule has 1 N–H and O–H groups in total. The zero-order chi connectivity index (χ0) is 18.8. The summed E-state index contributed by atoms with van der Waals surface area (Å²) in [5, 5.41) is 14.0. The Morgan fingerprint density at radius 2 is 1.96 bits per heavy atom. The maximum Gasteiger partial charge on any atom is 0.271 e. The fourth-order valence-corrected chi connectivity index (χ4v) is 3.16. The highest BCUT2D eigenvalue weighted by Crippen LogP contribution is 2.36. The van der Waals surface area contributed by atoms with E-state index in [-0.39, 0.29) is 35.5 Å². The molecule has 26 heavy (non-hydrogen) atoms. The molecule has 1 aliphatic heterocycles. The van der Waals surface area contributed by atoms with Gasteiger partial charge in [-0.25, -0.2) is 0 Å². The van der Waals surface area contributed by atoms with Gasteiger partial charge in [0.2, 0.25) is 11.8 Å². The third-order valence-electron chi connectivity index (χ3n) is 4.04. The zero-order valence-corrected chi connectivity index (χ0v) is 14.8. The van der Waals surface area contributed by atoms with E-state index in [0.717, 1.165) is 0 Å². The molecule has 2 aromatic carbocycles. The molecule has 2 amide bonds. The number of non-ortho nitro benzene ring substituents is 1. The summed E-state index contributed by atoms with van der Waals surface area (Å²) in [6, 6.07) is 10.6. The first-order valence-corrected chi connectivity index (χ1v) is 8.42. The topological polar surface area (TPSA) is 92.5 Å². The van der Waals surface area contributed by atoms with Gasteiger partial charge in [0.1, 0.15) is 0 Å². The van der Waals surface area contributed by atoms with Crippen LogP contribution in [-0.2, 0) is 9.59 Å². The monoisotopic (exact) mass is 393 g/mol. The Morgan fingerprint density at radius 1 is 1.23 bits per heavy atom. The van der Waals surface area contributed by atoms with E-state index in [9.17, 15) is 19.7 Å². The predicted octanol–water partition coefficient (Wildman–Crippen LogP) is 3.89. The van der Waals surface area contributed by atoms with E-state index in [0.29, 0.717) is 16.4 Å². The van der Waals surface area contributed by atoms with Crippen LogP contribution in [0.2, 0.25) is 10.0 Å². The average molecular weight is 394 g/mol. The van der Waals surface area contributed by atoms with E-state index >= 15 is 0 Å². The van der Waals surface area contributed by atoms with Crippen molar-refractivity contribution in [3.8, 4) is 0 Å². The number of amides is 2. The summed E-state index contributed by atoms with van der Waals surface area (Å²) in [6.45, 7) is 0.152. The number of nitro groups is 1. The summed E-state index contributed by atoms with van der Waals surface area (Å²) < 4.78 is 0. The Kier molecular flexibility index (Phi) is 5.11. The lowest BCUT2D eigenvalue weighted by Crippen LogP contribution is -2.28. The quantitative estimate of drug-likeness (QED) is 0.629. The molecular weight excluding hydrogens is 381 g/mol. The van der Waals surface area contributed by atoms with Crippen molar-refractivity contribution in [2.24, 2.45) is 5.92 Å². The molecule has 1 fully saturated rings. The Bertz CT molecular complexity index is 903. The van der Waals surface area contributed by atoms with Gasteiger partial charge in [0.25, 0.3) is 5.69 Å². The average Bonchev–Trinajstić information content (AvgIpc) is 2.99. The highest BCUT2D eigenvalue weighted by molar-refractivity contribution is 6.44. The number of hydrogen-bond donors (Lipinski definition) is 1. The Hall–Kier alpha value is -2.64. The van der Waals surface area contributed by atoms with Gasteiger partial charge in [-0.05, 0) is 18.2 Å². The minimum Gasteiger partial charge on any atom is -0.326 e. The molecular formula is C17H13Cl2N3O4. The predicted molar refractivity (Wildman–Crippen MR) is 98.6 cm³/mol. The van der Waals surface area contributed by atoms with Gasteiger partial charge < -0.3 is 10.2 Å². The molecule has 9 heteroatoms. The smallest absolute Gasteiger partial charge is 0.271 e. The Balaban J connectivity index is 1.74. The van der Waals surface area contributed by atoms with Crippen LogP contribution in [0.15, 0.2) is 42.5 Å². The van der Waals surface area contributed by atoms with Gasteiger partial charge >= 0.3 is 0 Å². The molecule has 1 atom stereocenters. The highest BCUT2D eigenvalue weighted by Gasteiger charge is 2.36. The molecule has 7 nitrogen and oxygen atoms in total. The fourth-order valence-electron chi connectivity index (χ4n) is 2.76. The van der Waals surface area contributed by atoms with Gasteiger partial charge in [0.05, 0.1) is 26.6 Å². The lowest BCUT2D eigenvalue weighted by atomic mass is 10.1. The second-order valence-electron chi connectivity index (χ2n) is 5.78. The first-order chi connectivity index (χ1) is 12.4. The highest BCUT2D eigenvalue weighted by atomic mass is 35.5. The number of nitro benzene ring substituents is 1. The summed E-state index contributed by atoms with van der Waals surface area (Å²) in [7, 11) is 0. The lowest BCUT2D eigenvalue weighted by Gasteiger charge is -2.18. The molecule has 1 aliphatic rings. The molecule has 0 aromatic heterocycles. The first kappa shape index (κ1) is 18.2. The van der Waals surface area contributed by atoms with Gasteiger partial charge in [0.15, 0.2) is 0 Å². The van der Waals surface area contributed by atoms with Crippen molar-refractivity contribution in [2.75, 3.05) is 16.8 Å². The molecule has 0 bridgehead atoms. The van der Waals surface area contributed by atoms with E-state index in [1.807, 2.05) is 0 Å². The van der Waals surface area contributed by atoms with Crippen molar-refractivity contribution >= 4 is 52.1 Å². The van der Waals surface area contributed by atoms with Crippen LogP contribution in [-0.4, -0.2) is 23.3 Å². The zero-order valence-electron chi connectivity index (χ0n) is 13.3. The standard InChI is InChI=1S/C17H13Cl2N3O4/c18-13-5-2-6-14(16(13)19)21-9-10(7-15(21)23)17(24)20-11-3-1-4-12(8-11)22(25)26/h1-6,8,10H,7,9H2,(H,20,24)/t10-/m1/s1. The summed E-state index contributed by atoms with van der Waals surface area (Å²) in [5.74, 6) is -1.23. The third kappa shape index (κ3) is 3.63. The van der Waals surface area contributed by atoms with Crippen molar-refractivity contribution in [2.45, 2.75) is 6.42 Å². The number of benzene rings is 2. The number of nitrogens with zero attached hydrogens (tertiary/aromatic N) is 2. The van der Waals surface area contributed by atoms with E-state index < -0.39 is 10.8 Å². The van der Waals surface area contributed by atoms with Crippen LogP contribution in [0.3, 0.4) is 0 Å². The minimum absolute atomic E-state index is 0.0175. The molecule has 0 saturated carbocycles. The molecule has 134 valence electrons. The first-order valence-electron chi connectivity index (χ1n) is 7.66. The number of carbonyl (C=O) groups is 2. The normalized spacial score (nSPS) is 16.6. The van der Waals surface area contributed by atoms with Gasteiger partial charge in [-0.1, -0.05) is 35.3 Å². The SMILES string of the molecule is O=C(Nc1cccc([N+](=O)[O-])c1)[C@@H]1CC(=O)N(c2cccc(Cl)c2Cl)C1. The van der Waals surface area contributed by atoms with E-state index in [4.69, 9.17) is 23.2 Å². The van der Waals surface area contributed by atoms with Crippen LogP contribution < -0.4 is 10.2 Å². The third-order valence-corrected chi connectivity index (χ3v) is 4.85. The van der Waals surface area contributed by atoms with Crippen LogP contribution in [0.4, 0.5) is 17.1 Å². The number of hydrogen-bond acceptors (Lipinski definition) is 4. The van der Waals surface area contributed by atoms with Crippen LogP contribution in [0.1, 0.15) is 6.42 Å². The molecule has 0 radical (unpaired) electrons. The number of nitrogens with one attached hydrogen (secondary N) is 1. The summed E-state index contributed by atoms with van der Waals surface area (Å²) in [4.78, 5) is 36.4. The summed E-state index contributed by atoms with van der Waals surface area (Å²) >= 11 is 12.1. The summed E-state index contributed by atoms with van der Waals surface area (Å²) in [5.41, 5.74) is 0.628. The molecule has 2 aromatic rings. The Morgan fingerprint density at radius 3 is 2.69 bits per heavy atom. The summed E-state index contributed by atoms with van der Waals surface area (Å²) in [6.07, 6.45) is 0.0175. The molecule has 0 spiro atoms. The number of anilines is 2. The van der Waals surface area contributed by atoms with Gasteiger partial charge in [-0.2, -0.15) is 0 Å². The van der Waals surface area contributed by atoms with E-state index in [1.54, 1.807) is 24.3 Å². The molecule has 1 heterocycles. The number of halogens is 2. The Labute approximate surface area is 158 Å². The van der Waals surface area contributed by atoms with Crippen LogP contribution in [0, 0.1) is 16.0 Å².